The number of urea groups is 1. The highest BCUT2D eigenvalue weighted by atomic mass is 32.2. The van der Waals surface area contributed by atoms with Gasteiger partial charge in [0.2, 0.25) is 0 Å². The van der Waals surface area contributed by atoms with E-state index in [0.29, 0.717) is 24.7 Å². The van der Waals surface area contributed by atoms with Crippen molar-refractivity contribution in [3.05, 3.63) is 60.2 Å². The molecule has 0 spiro atoms. The molecular weight excluding hydrogens is 324 g/mol. The summed E-state index contributed by atoms with van der Waals surface area (Å²) in [5, 5.41) is 2.79. The lowest BCUT2D eigenvalue weighted by Crippen LogP contribution is -2.32. The average molecular weight is 344 g/mol. The van der Waals surface area contributed by atoms with Crippen LogP contribution in [-0.4, -0.2) is 38.7 Å². The van der Waals surface area contributed by atoms with E-state index in [1.807, 2.05) is 18.2 Å². The number of anilines is 1. The van der Waals surface area contributed by atoms with E-state index >= 15 is 0 Å². The van der Waals surface area contributed by atoms with Crippen LogP contribution < -0.4 is 5.32 Å². The molecule has 0 bridgehead atoms. The molecule has 5 nitrogen and oxygen atoms in total. The zero-order chi connectivity index (χ0) is 17.2. The molecule has 0 aliphatic carbocycles. The van der Waals surface area contributed by atoms with Crippen LogP contribution in [0.3, 0.4) is 0 Å². The SMILES string of the molecule is CS(=O)(=O)c1cccc(NC(=O)N2CC[C@@H](c3ccccc3)C2)c1. The topological polar surface area (TPSA) is 66.5 Å². The van der Waals surface area contributed by atoms with Gasteiger partial charge in [-0.1, -0.05) is 36.4 Å². The molecule has 1 saturated heterocycles. The van der Waals surface area contributed by atoms with E-state index in [1.54, 1.807) is 17.0 Å². The highest BCUT2D eigenvalue weighted by Gasteiger charge is 2.27. The van der Waals surface area contributed by atoms with Gasteiger partial charge in [0.25, 0.3) is 0 Å². The molecule has 2 aromatic carbocycles. The number of nitrogens with one attached hydrogen (secondary N) is 1. The second kappa shape index (κ2) is 6.65. The molecule has 1 atom stereocenters. The van der Waals surface area contributed by atoms with Crippen LogP contribution in [0.4, 0.5) is 10.5 Å². The summed E-state index contributed by atoms with van der Waals surface area (Å²) in [5.41, 5.74) is 1.73. The van der Waals surface area contributed by atoms with Crippen molar-refractivity contribution in [3.63, 3.8) is 0 Å². The Morgan fingerprint density at radius 2 is 1.88 bits per heavy atom. The fourth-order valence-corrected chi connectivity index (χ4v) is 3.62. The van der Waals surface area contributed by atoms with Crippen LogP contribution in [0.15, 0.2) is 59.5 Å². The monoisotopic (exact) mass is 344 g/mol. The number of sulfone groups is 1. The summed E-state index contributed by atoms with van der Waals surface area (Å²) < 4.78 is 23.2. The van der Waals surface area contributed by atoms with E-state index in [1.165, 1.54) is 17.7 Å². The van der Waals surface area contributed by atoms with Gasteiger partial charge in [0, 0.05) is 31.0 Å². The van der Waals surface area contributed by atoms with E-state index in [4.69, 9.17) is 0 Å². The van der Waals surface area contributed by atoms with Gasteiger partial charge in [-0.2, -0.15) is 0 Å². The third-order valence-electron chi connectivity index (χ3n) is 4.26. The molecule has 0 unspecified atom stereocenters. The van der Waals surface area contributed by atoms with E-state index < -0.39 is 9.84 Å². The molecule has 0 aromatic heterocycles. The van der Waals surface area contributed by atoms with Crippen molar-refractivity contribution >= 4 is 21.6 Å². The first kappa shape index (κ1) is 16.5. The van der Waals surface area contributed by atoms with E-state index in [-0.39, 0.29) is 10.9 Å². The molecule has 126 valence electrons. The Labute approximate surface area is 142 Å². The van der Waals surface area contributed by atoms with Gasteiger partial charge in [-0.3, -0.25) is 0 Å². The molecule has 1 N–H and O–H groups in total. The maximum atomic E-state index is 12.4. The summed E-state index contributed by atoms with van der Waals surface area (Å²) in [4.78, 5) is 14.4. The largest absolute Gasteiger partial charge is 0.324 e. The lowest BCUT2D eigenvalue weighted by Gasteiger charge is -2.18. The van der Waals surface area contributed by atoms with Gasteiger partial charge in [-0.25, -0.2) is 13.2 Å². The zero-order valence-electron chi connectivity index (χ0n) is 13.5. The Morgan fingerprint density at radius 3 is 2.58 bits per heavy atom. The number of nitrogens with zero attached hydrogens (tertiary/aromatic N) is 1. The van der Waals surface area contributed by atoms with Crippen LogP contribution >= 0.6 is 0 Å². The van der Waals surface area contributed by atoms with Crippen molar-refractivity contribution in [1.82, 2.24) is 4.90 Å². The molecule has 1 heterocycles. The minimum Gasteiger partial charge on any atom is -0.324 e. The van der Waals surface area contributed by atoms with Gasteiger partial charge >= 0.3 is 6.03 Å². The van der Waals surface area contributed by atoms with Gasteiger partial charge in [-0.05, 0) is 30.2 Å². The molecule has 1 aliphatic heterocycles. The van der Waals surface area contributed by atoms with Crippen LogP contribution in [-0.2, 0) is 9.84 Å². The first-order valence-corrected chi connectivity index (χ1v) is 9.73. The Balaban J connectivity index is 1.66. The highest BCUT2D eigenvalue weighted by molar-refractivity contribution is 7.90. The second-order valence-corrected chi connectivity index (χ2v) is 8.09. The predicted octanol–water partition coefficient (Wildman–Crippen LogP) is 3.11. The Bertz CT molecular complexity index is 834. The fraction of sp³-hybridized carbons (Fsp3) is 0.278. The minimum absolute atomic E-state index is 0.195. The number of carbonyl (C=O) groups excluding carboxylic acids is 1. The molecule has 1 fully saturated rings. The molecule has 0 radical (unpaired) electrons. The van der Waals surface area contributed by atoms with Gasteiger partial charge in [-0.15, -0.1) is 0 Å². The Kier molecular flexibility index (Phi) is 4.57. The number of carbonyl (C=O) groups is 1. The standard InChI is InChI=1S/C18H20N2O3S/c1-24(22,23)17-9-5-8-16(12-17)19-18(21)20-11-10-15(13-20)14-6-3-2-4-7-14/h2-9,12,15H,10-11,13H2,1H3,(H,19,21)/t15-/m1/s1. The van der Waals surface area contributed by atoms with Crippen LogP contribution in [0.2, 0.25) is 0 Å². The number of hydrogen-bond acceptors (Lipinski definition) is 3. The van der Waals surface area contributed by atoms with Crippen LogP contribution in [0, 0.1) is 0 Å². The van der Waals surface area contributed by atoms with Gasteiger partial charge in [0.05, 0.1) is 4.90 Å². The van der Waals surface area contributed by atoms with Gasteiger partial charge in [0.15, 0.2) is 9.84 Å². The van der Waals surface area contributed by atoms with Crippen LogP contribution in [0.5, 0.6) is 0 Å². The maximum absolute atomic E-state index is 12.4. The molecular formula is C18H20N2O3S. The Morgan fingerprint density at radius 1 is 1.12 bits per heavy atom. The number of amides is 2. The molecule has 2 aromatic rings. The highest BCUT2D eigenvalue weighted by Crippen LogP contribution is 2.27. The lowest BCUT2D eigenvalue weighted by atomic mass is 9.99. The molecule has 24 heavy (non-hydrogen) atoms. The number of likely N-dealkylation sites (tertiary alicyclic amines) is 1. The first-order chi connectivity index (χ1) is 11.4. The van der Waals surface area contributed by atoms with Gasteiger partial charge in [0.1, 0.15) is 0 Å². The van der Waals surface area contributed by atoms with Crippen molar-refractivity contribution in [2.75, 3.05) is 24.7 Å². The van der Waals surface area contributed by atoms with Crippen molar-refractivity contribution in [2.45, 2.75) is 17.2 Å². The summed E-state index contributed by atoms with van der Waals surface area (Å²) in [6.07, 6.45) is 2.08. The number of benzene rings is 2. The third kappa shape index (κ3) is 3.76. The molecule has 6 heteroatoms. The first-order valence-electron chi connectivity index (χ1n) is 7.84. The Hall–Kier alpha value is -2.34. The van der Waals surface area contributed by atoms with Crippen molar-refractivity contribution < 1.29 is 13.2 Å². The third-order valence-corrected chi connectivity index (χ3v) is 5.37. The molecule has 2 amide bonds. The summed E-state index contributed by atoms with van der Waals surface area (Å²) in [7, 11) is -3.29. The minimum atomic E-state index is -3.29. The summed E-state index contributed by atoms with van der Waals surface area (Å²) in [5.74, 6) is 0.347. The fourth-order valence-electron chi connectivity index (χ4n) is 2.95. The van der Waals surface area contributed by atoms with Crippen LogP contribution in [0.25, 0.3) is 0 Å². The van der Waals surface area contributed by atoms with E-state index in [9.17, 15) is 13.2 Å². The molecule has 0 saturated carbocycles. The van der Waals surface area contributed by atoms with Crippen molar-refractivity contribution in [3.8, 4) is 0 Å². The van der Waals surface area contributed by atoms with Gasteiger partial charge < -0.3 is 10.2 Å². The quantitative estimate of drug-likeness (QED) is 0.930. The van der Waals surface area contributed by atoms with E-state index in [0.717, 1.165) is 12.7 Å². The van der Waals surface area contributed by atoms with Crippen molar-refractivity contribution in [1.29, 1.82) is 0 Å². The van der Waals surface area contributed by atoms with Crippen molar-refractivity contribution in [2.24, 2.45) is 0 Å². The maximum Gasteiger partial charge on any atom is 0.321 e. The molecule has 1 aliphatic rings. The summed E-state index contributed by atoms with van der Waals surface area (Å²) in [6.45, 7) is 1.36. The van der Waals surface area contributed by atoms with Crippen LogP contribution in [0.1, 0.15) is 17.9 Å². The molecule has 3 rings (SSSR count). The van der Waals surface area contributed by atoms with E-state index in [2.05, 4.69) is 17.4 Å². The lowest BCUT2D eigenvalue weighted by molar-refractivity contribution is 0.222. The second-order valence-electron chi connectivity index (χ2n) is 6.07. The predicted molar refractivity (Wildman–Crippen MR) is 93.9 cm³/mol. The number of hydrogen-bond donors (Lipinski definition) is 1. The smallest absolute Gasteiger partial charge is 0.321 e. The number of rotatable bonds is 3. The average Bonchev–Trinajstić information content (AvgIpc) is 3.05. The normalized spacial score (nSPS) is 17.7. The summed E-state index contributed by atoms with van der Waals surface area (Å²) in [6, 6.07) is 16.3. The summed E-state index contributed by atoms with van der Waals surface area (Å²) >= 11 is 0. The zero-order valence-corrected chi connectivity index (χ0v) is 14.3.